The van der Waals surface area contributed by atoms with Crippen LogP contribution in [0.5, 0.6) is 5.75 Å². The highest BCUT2D eigenvalue weighted by atomic mass is 16.5. The number of allylic oxidation sites excluding steroid dienone is 2. The zero-order valence-electron chi connectivity index (χ0n) is 12.5. The summed E-state index contributed by atoms with van der Waals surface area (Å²) in [5.74, 6) is 1.91. The number of rotatable bonds is 5. The maximum Gasteiger partial charge on any atom is 0.158 e. The third kappa shape index (κ3) is 3.86. The van der Waals surface area contributed by atoms with Gasteiger partial charge in [-0.15, -0.1) is 0 Å². The Kier molecular flexibility index (Phi) is 4.83. The van der Waals surface area contributed by atoms with Gasteiger partial charge >= 0.3 is 0 Å². The van der Waals surface area contributed by atoms with Crippen molar-refractivity contribution in [1.82, 2.24) is 5.32 Å². The van der Waals surface area contributed by atoms with Crippen LogP contribution in [-0.2, 0) is 4.79 Å². The van der Waals surface area contributed by atoms with Crippen LogP contribution in [0.4, 0.5) is 0 Å². The fraction of sp³-hybridized carbons (Fsp3) is 0.471. The number of carbonyl (C=O) groups excluding carboxylic acids is 1. The molecule has 108 valence electrons. The molecule has 0 spiro atoms. The molecule has 3 heteroatoms. The van der Waals surface area contributed by atoms with E-state index in [1.165, 1.54) is 5.56 Å². The fourth-order valence-electron chi connectivity index (χ4n) is 2.46. The molecule has 1 aliphatic carbocycles. The monoisotopic (exact) mass is 273 g/mol. The van der Waals surface area contributed by atoms with Gasteiger partial charge in [-0.3, -0.25) is 4.79 Å². The van der Waals surface area contributed by atoms with Crippen LogP contribution >= 0.6 is 0 Å². The molecule has 3 nitrogen and oxygen atoms in total. The zero-order chi connectivity index (χ0) is 14.5. The topological polar surface area (TPSA) is 38.3 Å². The summed E-state index contributed by atoms with van der Waals surface area (Å²) in [6, 6.07) is 8.03. The average molecular weight is 273 g/mol. The molecule has 0 aliphatic heterocycles. The first-order valence-corrected chi connectivity index (χ1v) is 7.19. The van der Waals surface area contributed by atoms with Crippen molar-refractivity contribution in [2.45, 2.75) is 32.6 Å². The van der Waals surface area contributed by atoms with Crippen molar-refractivity contribution in [2.24, 2.45) is 5.92 Å². The molecular formula is C17H23NO2. The van der Waals surface area contributed by atoms with E-state index < -0.39 is 0 Å². The van der Waals surface area contributed by atoms with Crippen molar-refractivity contribution >= 4 is 5.78 Å². The summed E-state index contributed by atoms with van der Waals surface area (Å²) >= 11 is 0. The first-order valence-electron chi connectivity index (χ1n) is 7.19. The molecule has 1 N–H and O–H groups in total. The van der Waals surface area contributed by atoms with E-state index in [1.54, 1.807) is 13.2 Å². The summed E-state index contributed by atoms with van der Waals surface area (Å²) in [5, 5.41) is 3.39. The highest BCUT2D eigenvalue weighted by Crippen LogP contribution is 2.31. The van der Waals surface area contributed by atoms with Crippen LogP contribution in [0, 0.1) is 5.92 Å². The lowest BCUT2D eigenvalue weighted by atomic mass is 9.85. The molecule has 1 aromatic rings. The van der Waals surface area contributed by atoms with Gasteiger partial charge in [0.25, 0.3) is 0 Å². The van der Waals surface area contributed by atoms with E-state index in [2.05, 4.69) is 31.3 Å². The second-order valence-corrected chi connectivity index (χ2v) is 5.79. The minimum Gasteiger partial charge on any atom is -0.497 e. The van der Waals surface area contributed by atoms with E-state index in [4.69, 9.17) is 4.74 Å². The number of carbonyl (C=O) groups is 1. The van der Waals surface area contributed by atoms with E-state index in [0.717, 1.165) is 24.4 Å². The average Bonchev–Trinajstić information content (AvgIpc) is 2.44. The van der Waals surface area contributed by atoms with Gasteiger partial charge in [0, 0.05) is 24.7 Å². The van der Waals surface area contributed by atoms with Gasteiger partial charge in [0.1, 0.15) is 5.75 Å². The highest BCUT2D eigenvalue weighted by molar-refractivity contribution is 5.91. The predicted octanol–water partition coefficient (Wildman–Crippen LogP) is 3.27. The Balaban J connectivity index is 2.06. The molecule has 1 unspecified atom stereocenters. The number of nitrogens with one attached hydrogen (secondary N) is 1. The van der Waals surface area contributed by atoms with Gasteiger partial charge in [0.15, 0.2) is 5.78 Å². The van der Waals surface area contributed by atoms with Crippen LogP contribution in [-0.4, -0.2) is 19.4 Å². The standard InChI is InChI=1S/C17H23NO2/c1-12(2)11-18-15-8-14(9-16(19)10-15)13-4-6-17(20-3)7-5-13/h4-7,10,12,14,18H,8-9,11H2,1-3H3. The summed E-state index contributed by atoms with van der Waals surface area (Å²) < 4.78 is 5.17. The normalized spacial score (nSPS) is 18.9. The Morgan fingerprint density at radius 1 is 1.25 bits per heavy atom. The fourth-order valence-corrected chi connectivity index (χ4v) is 2.46. The molecule has 1 aliphatic rings. The first kappa shape index (κ1) is 14.6. The molecule has 0 heterocycles. The Labute approximate surface area is 121 Å². The van der Waals surface area contributed by atoms with Crippen molar-refractivity contribution in [3.63, 3.8) is 0 Å². The van der Waals surface area contributed by atoms with Crippen LogP contribution in [0.1, 0.15) is 38.2 Å². The summed E-state index contributed by atoms with van der Waals surface area (Å²) in [4.78, 5) is 11.9. The molecule has 0 bridgehead atoms. The SMILES string of the molecule is COc1ccc(C2CC(=O)C=C(NCC(C)C)C2)cc1. The van der Waals surface area contributed by atoms with Crippen molar-refractivity contribution in [2.75, 3.05) is 13.7 Å². The summed E-state index contributed by atoms with van der Waals surface area (Å²) in [5.41, 5.74) is 2.27. The molecule has 0 radical (unpaired) electrons. The third-order valence-electron chi connectivity index (χ3n) is 3.57. The maximum atomic E-state index is 11.9. The second-order valence-electron chi connectivity index (χ2n) is 5.79. The molecular weight excluding hydrogens is 250 g/mol. The summed E-state index contributed by atoms with van der Waals surface area (Å²) in [6.07, 6.45) is 3.27. The van der Waals surface area contributed by atoms with Gasteiger partial charge in [-0.1, -0.05) is 26.0 Å². The smallest absolute Gasteiger partial charge is 0.158 e. The quantitative estimate of drug-likeness (QED) is 0.894. The van der Waals surface area contributed by atoms with Crippen LogP contribution in [0.25, 0.3) is 0 Å². The van der Waals surface area contributed by atoms with Crippen LogP contribution in [0.2, 0.25) is 0 Å². The third-order valence-corrected chi connectivity index (χ3v) is 3.57. The van der Waals surface area contributed by atoms with Crippen molar-refractivity contribution in [1.29, 1.82) is 0 Å². The Bertz CT molecular complexity index is 488. The molecule has 0 saturated heterocycles. The van der Waals surface area contributed by atoms with Crippen LogP contribution in [0.15, 0.2) is 36.0 Å². The minimum absolute atomic E-state index is 0.211. The summed E-state index contributed by atoms with van der Waals surface area (Å²) in [7, 11) is 1.66. The van der Waals surface area contributed by atoms with Crippen LogP contribution < -0.4 is 10.1 Å². The van der Waals surface area contributed by atoms with E-state index in [0.29, 0.717) is 12.3 Å². The molecule has 0 saturated carbocycles. The summed E-state index contributed by atoms with van der Waals surface area (Å²) in [6.45, 7) is 5.24. The second kappa shape index (κ2) is 6.60. The lowest BCUT2D eigenvalue weighted by molar-refractivity contribution is -0.115. The predicted molar refractivity (Wildman–Crippen MR) is 80.9 cm³/mol. The molecule has 2 rings (SSSR count). The molecule has 1 atom stereocenters. The molecule has 0 aromatic heterocycles. The number of methoxy groups -OCH3 is 1. The van der Waals surface area contributed by atoms with Crippen molar-refractivity contribution in [3.05, 3.63) is 41.6 Å². The van der Waals surface area contributed by atoms with Gasteiger partial charge in [0.2, 0.25) is 0 Å². The largest absolute Gasteiger partial charge is 0.497 e. The van der Waals surface area contributed by atoms with Crippen molar-refractivity contribution in [3.8, 4) is 5.75 Å². The number of hydrogen-bond donors (Lipinski definition) is 1. The van der Waals surface area contributed by atoms with Crippen LogP contribution in [0.3, 0.4) is 0 Å². The van der Waals surface area contributed by atoms with Gasteiger partial charge < -0.3 is 10.1 Å². The minimum atomic E-state index is 0.211. The highest BCUT2D eigenvalue weighted by Gasteiger charge is 2.22. The Morgan fingerprint density at radius 2 is 1.95 bits per heavy atom. The Morgan fingerprint density at radius 3 is 2.55 bits per heavy atom. The lowest BCUT2D eigenvalue weighted by Crippen LogP contribution is -2.25. The number of benzene rings is 1. The zero-order valence-corrected chi connectivity index (χ0v) is 12.5. The van der Waals surface area contributed by atoms with Gasteiger partial charge in [-0.25, -0.2) is 0 Å². The van der Waals surface area contributed by atoms with Gasteiger partial charge in [-0.05, 0) is 36.0 Å². The van der Waals surface area contributed by atoms with E-state index in [9.17, 15) is 4.79 Å². The molecule has 1 aromatic carbocycles. The van der Waals surface area contributed by atoms with Gasteiger partial charge in [-0.2, -0.15) is 0 Å². The number of ketones is 1. The van der Waals surface area contributed by atoms with Crippen molar-refractivity contribution < 1.29 is 9.53 Å². The molecule has 0 amide bonds. The number of ether oxygens (including phenoxy) is 1. The van der Waals surface area contributed by atoms with Gasteiger partial charge in [0.05, 0.1) is 7.11 Å². The number of hydrogen-bond acceptors (Lipinski definition) is 3. The molecule has 20 heavy (non-hydrogen) atoms. The van der Waals surface area contributed by atoms with E-state index in [1.807, 2.05) is 12.1 Å². The maximum absolute atomic E-state index is 11.9. The van der Waals surface area contributed by atoms with E-state index >= 15 is 0 Å². The molecule has 0 fully saturated rings. The Hall–Kier alpha value is -1.77. The van der Waals surface area contributed by atoms with E-state index in [-0.39, 0.29) is 11.7 Å². The lowest BCUT2D eigenvalue weighted by Gasteiger charge is -2.24. The first-order chi connectivity index (χ1) is 9.58.